The smallest absolute Gasteiger partial charge is 0.410 e. The fraction of sp³-hybridized carbons (Fsp3) is 0.400. The highest BCUT2D eigenvalue weighted by atomic mass is 19.1. The van der Waals surface area contributed by atoms with E-state index in [1.54, 1.807) is 0 Å². The molecule has 1 aromatic heterocycles. The standard InChI is InChI=1S/C10H12FN3O2/c11-8-1-7(3-13-4-8)5-14-6-9(2-12)16-10(14)15/h1,3-4,9H,2,5-6,12H2. The van der Waals surface area contributed by atoms with Crippen molar-refractivity contribution >= 4 is 6.09 Å². The number of nitrogens with two attached hydrogens (primary N) is 1. The van der Waals surface area contributed by atoms with Crippen LogP contribution in [0.15, 0.2) is 18.5 Å². The second kappa shape index (κ2) is 4.44. The van der Waals surface area contributed by atoms with Crippen molar-refractivity contribution in [3.63, 3.8) is 0 Å². The van der Waals surface area contributed by atoms with Gasteiger partial charge >= 0.3 is 6.09 Å². The molecule has 5 nitrogen and oxygen atoms in total. The van der Waals surface area contributed by atoms with Crippen LogP contribution in [-0.4, -0.2) is 35.2 Å². The average molecular weight is 225 g/mol. The molecule has 2 rings (SSSR count). The van der Waals surface area contributed by atoms with Crippen LogP contribution >= 0.6 is 0 Å². The molecular weight excluding hydrogens is 213 g/mol. The van der Waals surface area contributed by atoms with Crippen LogP contribution in [0.1, 0.15) is 5.56 Å². The van der Waals surface area contributed by atoms with Crippen LogP contribution in [-0.2, 0) is 11.3 Å². The molecular formula is C10H12FN3O2. The van der Waals surface area contributed by atoms with E-state index in [4.69, 9.17) is 10.5 Å². The van der Waals surface area contributed by atoms with E-state index in [-0.39, 0.29) is 6.10 Å². The third-order valence-electron chi connectivity index (χ3n) is 2.35. The van der Waals surface area contributed by atoms with Crippen molar-refractivity contribution in [1.29, 1.82) is 0 Å². The van der Waals surface area contributed by atoms with Crippen LogP contribution in [0.4, 0.5) is 9.18 Å². The Kier molecular flexibility index (Phi) is 3.00. The van der Waals surface area contributed by atoms with Crippen LogP contribution in [0.25, 0.3) is 0 Å². The number of nitrogens with zero attached hydrogens (tertiary/aromatic N) is 2. The maximum atomic E-state index is 12.9. The first-order valence-corrected chi connectivity index (χ1v) is 4.94. The van der Waals surface area contributed by atoms with Crippen molar-refractivity contribution in [3.05, 3.63) is 29.8 Å². The molecule has 2 N–H and O–H groups in total. The van der Waals surface area contributed by atoms with Gasteiger partial charge in [0.15, 0.2) is 0 Å². The Morgan fingerprint density at radius 3 is 3.06 bits per heavy atom. The maximum absolute atomic E-state index is 12.9. The molecule has 16 heavy (non-hydrogen) atoms. The Morgan fingerprint density at radius 2 is 2.44 bits per heavy atom. The third kappa shape index (κ3) is 2.27. The number of amides is 1. The lowest BCUT2D eigenvalue weighted by atomic mass is 10.2. The molecule has 0 spiro atoms. The molecule has 1 amide bonds. The van der Waals surface area contributed by atoms with E-state index in [9.17, 15) is 9.18 Å². The summed E-state index contributed by atoms with van der Waals surface area (Å²) in [6.07, 6.45) is 1.95. The molecule has 1 unspecified atom stereocenters. The monoisotopic (exact) mass is 225 g/mol. The number of rotatable bonds is 3. The quantitative estimate of drug-likeness (QED) is 0.813. The highest BCUT2D eigenvalue weighted by molar-refractivity contribution is 5.69. The highest BCUT2D eigenvalue weighted by Gasteiger charge is 2.30. The molecule has 1 aromatic rings. The molecule has 1 atom stereocenters. The van der Waals surface area contributed by atoms with Gasteiger partial charge in [0.25, 0.3) is 0 Å². The van der Waals surface area contributed by atoms with Crippen molar-refractivity contribution in [2.45, 2.75) is 12.6 Å². The molecule has 0 saturated carbocycles. The van der Waals surface area contributed by atoms with Gasteiger partial charge < -0.3 is 15.4 Å². The summed E-state index contributed by atoms with van der Waals surface area (Å²) in [5, 5.41) is 0. The van der Waals surface area contributed by atoms with E-state index in [0.717, 1.165) is 6.20 Å². The molecule has 0 bridgehead atoms. The van der Waals surface area contributed by atoms with Crippen LogP contribution in [0.5, 0.6) is 0 Å². The number of carbonyl (C=O) groups excluding carboxylic acids is 1. The number of hydrogen-bond acceptors (Lipinski definition) is 4. The van der Waals surface area contributed by atoms with Gasteiger partial charge in [-0.2, -0.15) is 0 Å². The number of aromatic nitrogens is 1. The molecule has 2 heterocycles. The van der Waals surface area contributed by atoms with Crippen LogP contribution in [0, 0.1) is 5.82 Å². The molecule has 0 radical (unpaired) electrons. The molecule has 1 fully saturated rings. The van der Waals surface area contributed by atoms with Gasteiger partial charge in [0.2, 0.25) is 0 Å². The topological polar surface area (TPSA) is 68.5 Å². The first-order chi connectivity index (χ1) is 7.69. The van der Waals surface area contributed by atoms with E-state index in [0.29, 0.717) is 25.2 Å². The van der Waals surface area contributed by atoms with Crippen molar-refractivity contribution in [2.24, 2.45) is 5.73 Å². The van der Waals surface area contributed by atoms with E-state index in [1.807, 2.05) is 0 Å². The predicted molar refractivity (Wildman–Crippen MR) is 53.9 cm³/mol. The van der Waals surface area contributed by atoms with Gasteiger partial charge in [-0.3, -0.25) is 4.98 Å². The summed E-state index contributed by atoms with van der Waals surface area (Å²) in [5.74, 6) is -0.416. The lowest BCUT2D eigenvalue weighted by molar-refractivity contribution is 0.134. The Balaban J connectivity index is 2.03. The fourth-order valence-electron chi connectivity index (χ4n) is 1.59. The van der Waals surface area contributed by atoms with E-state index >= 15 is 0 Å². The zero-order valence-electron chi connectivity index (χ0n) is 8.60. The fourth-order valence-corrected chi connectivity index (χ4v) is 1.59. The highest BCUT2D eigenvalue weighted by Crippen LogP contribution is 2.14. The zero-order chi connectivity index (χ0) is 11.5. The number of cyclic esters (lactones) is 1. The Labute approximate surface area is 92.0 Å². The molecule has 1 saturated heterocycles. The maximum Gasteiger partial charge on any atom is 0.410 e. The van der Waals surface area contributed by atoms with Gasteiger partial charge in [0.05, 0.1) is 19.3 Å². The SMILES string of the molecule is NCC1CN(Cc2cncc(F)c2)C(=O)O1. The second-order valence-corrected chi connectivity index (χ2v) is 3.63. The average Bonchev–Trinajstić information content (AvgIpc) is 2.60. The molecule has 1 aliphatic heterocycles. The Morgan fingerprint density at radius 1 is 1.62 bits per heavy atom. The van der Waals surface area contributed by atoms with Gasteiger partial charge in [0, 0.05) is 12.7 Å². The number of ether oxygens (including phenoxy) is 1. The molecule has 0 aromatic carbocycles. The lowest BCUT2D eigenvalue weighted by Crippen LogP contribution is -2.27. The van der Waals surface area contributed by atoms with E-state index in [1.165, 1.54) is 17.2 Å². The first-order valence-electron chi connectivity index (χ1n) is 4.94. The minimum Gasteiger partial charge on any atom is -0.443 e. The minimum absolute atomic E-state index is 0.269. The zero-order valence-corrected chi connectivity index (χ0v) is 8.60. The summed E-state index contributed by atoms with van der Waals surface area (Å²) < 4.78 is 17.8. The number of carbonyl (C=O) groups is 1. The Bertz CT molecular complexity index is 399. The van der Waals surface area contributed by atoms with Crippen molar-refractivity contribution in [2.75, 3.05) is 13.1 Å². The van der Waals surface area contributed by atoms with E-state index < -0.39 is 11.9 Å². The van der Waals surface area contributed by atoms with Crippen molar-refractivity contribution in [3.8, 4) is 0 Å². The van der Waals surface area contributed by atoms with Crippen LogP contribution in [0.3, 0.4) is 0 Å². The molecule has 6 heteroatoms. The first kappa shape index (κ1) is 10.8. The molecule has 86 valence electrons. The van der Waals surface area contributed by atoms with Crippen molar-refractivity contribution in [1.82, 2.24) is 9.88 Å². The third-order valence-corrected chi connectivity index (χ3v) is 2.35. The summed E-state index contributed by atoms with van der Waals surface area (Å²) >= 11 is 0. The van der Waals surface area contributed by atoms with Crippen molar-refractivity contribution < 1.29 is 13.9 Å². The van der Waals surface area contributed by atoms with Gasteiger partial charge in [-0.1, -0.05) is 0 Å². The number of hydrogen-bond donors (Lipinski definition) is 1. The second-order valence-electron chi connectivity index (χ2n) is 3.63. The largest absolute Gasteiger partial charge is 0.443 e. The molecule has 0 aliphatic carbocycles. The van der Waals surface area contributed by atoms with Crippen LogP contribution < -0.4 is 5.73 Å². The van der Waals surface area contributed by atoms with Gasteiger partial charge in [-0.25, -0.2) is 9.18 Å². The van der Waals surface area contributed by atoms with Gasteiger partial charge in [-0.05, 0) is 11.6 Å². The predicted octanol–water partition coefficient (Wildman–Crippen LogP) is 0.500. The van der Waals surface area contributed by atoms with Gasteiger partial charge in [-0.15, -0.1) is 0 Å². The normalized spacial score (nSPS) is 20.0. The summed E-state index contributed by atoms with van der Waals surface area (Å²) in [7, 11) is 0. The summed E-state index contributed by atoms with van der Waals surface area (Å²) in [6.45, 7) is 1.02. The number of pyridine rings is 1. The Hall–Kier alpha value is -1.69. The lowest BCUT2D eigenvalue weighted by Gasteiger charge is -2.12. The number of halogens is 1. The van der Waals surface area contributed by atoms with Gasteiger partial charge in [0.1, 0.15) is 11.9 Å². The molecule has 1 aliphatic rings. The van der Waals surface area contributed by atoms with Crippen LogP contribution in [0.2, 0.25) is 0 Å². The summed E-state index contributed by atoms with van der Waals surface area (Å²) in [6, 6.07) is 1.34. The van der Waals surface area contributed by atoms with E-state index in [2.05, 4.69) is 4.98 Å². The minimum atomic E-state index is -0.417. The summed E-state index contributed by atoms with van der Waals surface area (Å²) in [4.78, 5) is 16.6. The summed E-state index contributed by atoms with van der Waals surface area (Å²) in [5.41, 5.74) is 6.03.